The van der Waals surface area contributed by atoms with Crippen LogP contribution in [0.25, 0.3) is 0 Å². The minimum Gasteiger partial charge on any atom is -0.304 e. The van der Waals surface area contributed by atoms with Crippen molar-refractivity contribution in [3.8, 4) is 0 Å². The lowest BCUT2D eigenvalue weighted by molar-refractivity contribution is -0.106. The summed E-state index contributed by atoms with van der Waals surface area (Å²) in [5.74, 6) is 0. The minimum atomic E-state index is 0.750. The molecule has 0 aromatic heterocycles. The number of carbonyl (C=O) groups excluding carboxylic acids is 1. The van der Waals surface area contributed by atoms with Crippen molar-refractivity contribution in [2.75, 3.05) is 0 Å². The van der Waals surface area contributed by atoms with Gasteiger partial charge < -0.3 is 4.79 Å². The summed E-state index contributed by atoms with van der Waals surface area (Å²) < 4.78 is 0. The normalized spacial score (nSPS) is 17.4. The molecule has 0 radical (unpaired) electrons. The summed E-state index contributed by atoms with van der Waals surface area (Å²) >= 11 is 0. The average Bonchev–Trinajstić information content (AvgIpc) is 1.93. The van der Waals surface area contributed by atoms with Gasteiger partial charge in [0.05, 0.1) is 0 Å². The highest BCUT2D eigenvalue weighted by Crippen LogP contribution is 2.15. The number of rotatable bonds is 0. The highest BCUT2D eigenvalue weighted by atomic mass is 16.1. The summed E-state index contributed by atoms with van der Waals surface area (Å²) in [7, 11) is 0. The van der Waals surface area contributed by atoms with Crippen molar-refractivity contribution in [3.05, 3.63) is 0 Å². The zero-order chi connectivity index (χ0) is 6.95. The van der Waals surface area contributed by atoms with Crippen molar-refractivity contribution in [3.63, 3.8) is 0 Å². The molecule has 0 aliphatic heterocycles. The van der Waals surface area contributed by atoms with E-state index >= 15 is 0 Å². The van der Waals surface area contributed by atoms with E-state index in [9.17, 15) is 0 Å². The van der Waals surface area contributed by atoms with Crippen LogP contribution in [0.5, 0.6) is 0 Å². The Bertz CT molecular complexity index is 44.1. The topological polar surface area (TPSA) is 17.1 Å². The van der Waals surface area contributed by atoms with Crippen LogP contribution >= 0.6 is 0 Å². The fraction of sp³-hybridized carbons (Fsp3) is 0.875. The monoisotopic (exact) mass is 128 g/mol. The second-order valence-corrected chi connectivity index (χ2v) is 2.36. The van der Waals surface area contributed by atoms with E-state index in [1.807, 2.05) is 0 Å². The maximum atomic E-state index is 8.81. The first-order valence-electron chi connectivity index (χ1n) is 3.81. The third-order valence-corrected chi connectivity index (χ3v) is 1.50. The van der Waals surface area contributed by atoms with E-state index in [-0.39, 0.29) is 0 Å². The van der Waals surface area contributed by atoms with Crippen molar-refractivity contribution >= 4 is 6.29 Å². The lowest BCUT2D eigenvalue weighted by atomic mass is 10.0. The van der Waals surface area contributed by atoms with E-state index in [2.05, 4.69) is 0 Å². The summed E-state index contributed by atoms with van der Waals surface area (Å²) in [6, 6.07) is 0. The predicted molar refractivity (Wildman–Crippen MR) is 39.4 cm³/mol. The standard InChI is InChI=1S/C6H12.C2H4O/c1-2-4-6-5-3-1;1-2-3/h1-6H2;2H,1H3. The van der Waals surface area contributed by atoms with Gasteiger partial charge >= 0.3 is 0 Å². The smallest absolute Gasteiger partial charge is 0.116 e. The van der Waals surface area contributed by atoms with E-state index < -0.39 is 0 Å². The van der Waals surface area contributed by atoms with Crippen LogP contribution in [0.4, 0.5) is 0 Å². The van der Waals surface area contributed by atoms with Gasteiger partial charge in [0.25, 0.3) is 0 Å². The maximum Gasteiger partial charge on any atom is 0.116 e. The molecule has 0 N–H and O–H groups in total. The van der Waals surface area contributed by atoms with Crippen molar-refractivity contribution < 1.29 is 4.79 Å². The van der Waals surface area contributed by atoms with Gasteiger partial charge in [-0.1, -0.05) is 38.5 Å². The molecule has 1 nitrogen and oxygen atoms in total. The quantitative estimate of drug-likeness (QED) is 0.458. The Balaban J connectivity index is 0.000000187. The van der Waals surface area contributed by atoms with Gasteiger partial charge in [0.2, 0.25) is 0 Å². The first kappa shape index (κ1) is 8.67. The van der Waals surface area contributed by atoms with Crippen LogP contribution < -0.4 is 0 Å². The Labute approximate surface area is 57.5 Å². The molecule has 1 heteroatoms. The second-order valence-electron chi connectivity index (χ2n) is 2.36. The van der Waals surface area contributed by atoms with Crippen molar-refractivity contribution in [1.29, 1.82) is 0 Å². The zero-order valence-corrected chi connectivity index (χ0v) is 6.23. The summed E-state index contributed by atoms with van der Waals surface area (Å²) in [6.07, 6.45) is 9.75. The van der Waals surface area contributed by atoms with Gasteiger partial charge in [0, 0.05) is 0 Å². The zero-order valence-electron chi connectivity index (χ0n) is 6.23. The second kappa shape index (κ2) is 7.67. The third kappa shape index (κ3) is 7.67. The molecule has 0 atom stereocenters. The molecule has 1 rings (SSSR count). The van der Waals surface area contributed by atoms with Crippen LogP contribution in [0, 0.1) is 0 Å². The van der Waals surface area contributed by atoms with E-state index in [1.54, 1.807) is 0 Å². The van der Waals surface area contributed by atoms with Gasteiger partial charge in [-0.05, 0) is 6.92 Å². The Morgan fingerprint density at radius 3 is 1.11 bits per heavy atom. The van der Waals surface area contributed by atoms with Gasteiger partial charge in [0.15, 0.2) is 0 Å². The minimum absolute atomic E-state index is 0.750. The molecule has 0 aromatic rings. The first-order chi connectivity index (χ1) is 4.41. The fourth-order valence-electron chi connectivity index (χ4n) is 1.06. The Morgan fingerprint density at radius 1 is 0.889 bits per heavy atom. The molecular weight excluding hydrogens is 112 g/mol. The van der Waals surface area contributed by atoms with E-state index in [4.69, 9.17) is 4.79 Å². The van der Waals surface area contributed by atoms with Crippen molar-refractivity contribution in [2.45, 2.75) is 45.4 Å². The number of carbonyl (C=O) groups is 1. The van der Waals surface area contributed by atoms with Gasteiger partial charge in [-0.3, -0.25) is 0 Å². The van der Waals surface area contributed by atoms with Crippen LogP contribution in [0.15, 0.2) is 0 Å². The van der Waals surface area contributed by atoms with Gasteiger partial charge in [-0.2, -0.15) is 0 Å². The molecule has 0 spiro atoms. The van der Waals surface area contributed by atoms with Gasteiger partial charge in [0.1, 0.15) is 6.29 Å². The summed E-state index contributed by atoms with van der Waals surface area (Å²) in [5, 5.41) is 0. The summed E-state index contributed by atoms with van der Waals surface area (Å²) in [6.45, 7) is 1.44. The molecule has 9 heavy (non-hydrogen) atoms. The molecule has 1 aliphatic carbocycles. The first-order valence-corrected chi connectivity index (χ1v) is 3.81. The summed E-state index contributed by atoms with van der Waals surface area (Å²) in [5.41, 5.74) is 0. The Kier molecular flexibility index (Phi) is 7.39. The molecule has 0 unspecified atom stereocenters. The van der Waals surface area contributed by atoms with Gasteiger partial charge in [-0.15, -0.1) is 0 Å². The molecule has 0 heterocycles. The van der Waals surface area contributed by atoms with Crippen LogP contribution in [-0.2, 0) is 4.79 Å². The molecule has 1 saturated carbocycles. The lowest BCUT2D eigenvalue weighted by Crippen LogP contribution is -1.85. The molecular formula is C8H16O. The fourth-order valence-corrected chi connectivity index (χ4v) is 1.06. The van der Waals surface area contributed by atoms with Crippen LogP contribution in [-0.4, -0.2) is 6.29 Å². The Hall–Kier alpha value is -0.330. The van der Waals surface area contributed by atoms with Crippen molar-refractivity contribution in [1.82, 2.24) is 0 Å². The maximum absolute atomic E-state index is 8.81. The molecule has 1 fully saturated rings. The number of hydrogen-bond acceptors (Lipinski definition) is 1. The van der Waals surface area contributed by atoms with Crippen molar-refractivity contribution in [2.24, 2.45) is 0 Å². The molecule has 54 valence electrons. The lowest BCUT2D eigenvalue weighted by Gasteiger charge is -2.05. The predicted octanol–water partition coefficient (Wildman–Crippen LogP) is 2.55. The molecule has 0 aromatic carbocycles. The van der Waals surface area contributed by atoms with E-state index in [1.165, 1.54) is 45.4 Å². The van der Waals surface area contributed by atoms with E-state index in [0.29, 0.717) is 0 Å². The largest absolute Gasteiger partial charge is 0.304 e. The average molecular weight is 128 g/mol. The van der Waals surface area contributed by atoms with E-state index in [0.717, 1.165) is 6.29 Å². The molecule has 0 amide bonds. The molecule has 0 saturated heterocycles. The summed E-state index contributed by atoms with van der Waals surface area (Å²) in [4.78, 5) is 8.81. The van der Waals surface area contributed by atoms with Crippen LogP contribution in [0.2, 0.25) is 0 Å². The van der Waals surface area contributed by atoms with Crippen LogP contribution in [0.3, 0.4) is 0 Å². The van der Waals surface area contributed by atoms with Gasteiger partial charge in [-0.25, -0.2) is 0 Å². The SMILES string of the molecule is C1CCCCC1.CC=O. The van der Waals surface area contributed by atoms with Crippen LogP contribution in [0.1, 0.15) is 45.4 Å². The molecule has 0 bridgehead atoms. The highest BCUT2D eigenvalue weighted by Gasteiger charge is 1.95. The number of aldehydes is 1. The molecule has 1 aliphatic rings. The third-order valence-electron chi connectivity index (χ3n) is 1.50. The number of hydrogen-bond donors (Lipinski definition) is 0. The highest BCUT2D eigenvalue weighted by molar-refractivity contribution is 5.44. The Morgan fingerprint density at radius 2 is 1.00 bits per heavy atom.